The summed E-state index contributed by atoms with van der Waals surface area (Å²) in [5.41, 5.74) is 5.57. The summed E-state index contributed by atoms with van der Waals surface area (Å²) >= 11 is 1.59. The third-order valence-electron chi connectivity index (χ3n) is 14.8. The van der Waals surface area contributed by atoms with Crippen LogP contribution in [-0.2, 0) is 33.1 Å². The number of allylic oxidation sites excluding steroid dienone is 1. The SMILES string of the molecule is C=CCn1c(=O)c2cnc(Nc3ccc(N4CCN(CCCCCCCCCCC(=O)N[C@H](C(=O)N5C[C@H](O)C[C@H]5C(=O)NCc5ccc(-c6scnc6C)cc5)C(C)(C)C)CC4)cc3)nc2n1-c1cccc(C(C)(C)O)n1. The van der Waals surface area contributed by atoms with Gasteiger partial charge in [-0.25, -0.2) is 24.3 Å². The summed E-state index contributed by atoms with van der Waals surface area (Å²) in [7, 11) is 0. The van der Waals surface area contributed by atoms with E-state index >= 15 is 0 Å². The molecule has 2 aliphatic rings. The Morgan fingerprint density at radius 1 is 0.872 bits per heavy atom. The first-order valence-corrected chi connectivity index (χ1v) is 28.4. The van der Waals surface area contributed by atoms with Gasteiger partial charge in [0.05, 0.1) is 34.4 Å². The van der Waals surface area contributed by atoms with Crippen molar-refractivity contribution in [3.63, 3.8) is 0 Å². The number of hydrogen-bond acceptors (Lipinski definition) is 14. The number of aromatic nitrogens is 6. The summed E-state index contributed by atoms with van der Waals surface area (Å²) < 4.78 is 3.16. The molecular weight excluding hydrogens is 1000 g/mol. The molecule has 0 bridgehead atoms. The molecule has 8 rings (SSSR count). The van der Waals surface area contributed by atoms with Crippen molar-refractivity contribution in [3.8, 4) is 16.3 Å². The third-order valence-corrected chi connectivity index (χ3v) is 15.7. The van der Waals surface area contributed by atoms with Crippen LogP contribution >= 0.6 is 11.3 Å². The Morgan fingerprint density at radius 2 is 1.56 bits per heavy atom. The minimum absolute atomic E-state index is 0.0403. The quantitative estimate of drug-likeness (QED) is 0.0287. The summed E-state index contributed by atoms with van der Waals surface area (Å²) in [6, 6.07) is 19.9. The van der Waals surface area contributed by atoms with Crippen molar-refractivity contribution >= 4 is 57.4 Å². The number of rotatable bonds is 24. The number of thiazole rings is 1. The molecule has 6 heterocycles. The molecule has 6 aromatic rings. The van der Waals surface area contributed by atoms with E-state index in [1.807, 2.05) is 69.6 Å². The number of amides is 3. The molecule has 3 amide bonds. The normalized spacial score (nSPS) is 16.6. The predicted octanol–water partition coefficient (Wildman–Crippen LogP) is 8.01. The van der Waals surface area contributed by atoms with Crippen LogP contribution in [0.1, 0.15) is 116 Å². The highest BCUT2D eigenvalue weighted by atomic mass is 32.1. The van der Waals surface area contributed by atoms with E-state index in [1.54, 1.807) is 54.1 Å². The molecule has 3 atom stereocenters. The number of piperazine rings is 1. The van der Waals surface area contributed by atoms with Gasteiger partial charge < -0.3 is 36.0 Å². The van der Waals surface area contributed by atoms with Gasteiger partial charge in [-0.2, -0.15) is 4.98 Å². The lowest BCUT2D eigenvalue weighted by Crippen LogP contribution is -2.57. The number of β-amino-alcohol motifs (C(OH)–C–C–N with tert-alkyl or cyclic N) is 1. The Hall–Kier alpha value is -6.80. The van der Waals surface area contributed by atoms with Gasteiger partial charge in [-0.05, 0) is 93.1 Å². The fraction of sp³-hybridized carbons (Fsp3) is 0.492. The van der Waals surface area contributed by atoms with Gasteiger partial charge >= 0.3 is 0 Å². The number of nitrogens with one attached hydrogen (secondary N) is 3. The van der Waals surface area contributed by atoms with Crippen molar-refractivity contribution < 1.29 is 24.6 Å². The summed E-state index contributed by atoms with van der Waals surface area (Å²) in [4.78, 5) is 80.0. The molecule has 18 nitrogen and oxygen atoms in total. The highest BCUT2D eigenvalue weighted by Gasteiger charge is 2.44. The van der Waals surface area contributed by atoms with Gasteiger partial charge in [0.25, 0.3) is 5.56 Å². The number of benzene rings is 2. The Kier molecular flexibility index (Phi) is 19.0. The third kappa shape index (κ3) is 14.5. The number of carbonyl (C=O) groups excluding carboxylic acids is 3. The van der Waals surface area contributed by atoms with E-state index in [-0.39, 0.29) is 49.3 Å². The van der Waals surface area contributed by atoms with Gasteiger partial charge in [0.1, 0.15) is 23.1 Å². The van der Waals surface area contributed by atoms with E-state index in [2.05, 4.69) is 59.4 Å². The highest BCUT2D eigenvalue weighted by Crippen LogP contribution is 2.30. The lowest BCUT2D eigenvalue weighted by atomic mass is 9.85. The van der Waals surface area contributed by atoms with Gasteiger partial charge in [0.15, 0.2) is 11.5 Å². The van der Waals surface area contributed by atoms with Crippen LogP contribution in [0.2, 0.25) is 0 Å². The molecular formula is C59H78N12O6S. The van der Waals surface area contributed by atoms with Crippen molar-refractivity contribution in [2.45, 2.75) is 143 Å². The van der Waals surface area contributed by atoms with Crippen LogP contribution in [0.15, 0.2) is 95.9 Å². The van der Waals surface area contributed by atoms with Crippen LogP contribution in [0.4, 0.5) is 17.3 Å². The summed E-state index contributed by atoms with van der Waals surface area (Å²) in [5.74, 6) is -0.0644. The summed E-state index contributed by atoms with van der Waals surface area (Å²) in [5, 5.41) is 30.9. The van der Waals surface area contributed by atoms with Crippen molar-refractivity contribution in [2.24, 2.45) is 5.41 Å². The number of likely N-dealkylation sites (tertiary alicyclic amines) is 1. The zero-order valence-electron chi connectivity index (χ0n) is 46.2. The summed E-state index contributed by atoms with van der Waals surface area (Å²) in [6.07, 6.45) is 11.4. The fourth-order valence-corrected chi connectivity index (χ4v) is 11.1. The number of aliphatic hydroxyl groups is 2. The summed E-state index contributed by atoms with van der Waals surface area (Å²) in [6.45, 7) is 20.4. The van der Waals surface area contributed by atoms with Crippen LogP contribution in [0.25, 0.3) is 27.3 Å². The molecule has 2 fully saturated rings. The molecule has 2 aromatic carbocycles. The molecule has 0 unspecified atom stereocenters. The number of hydrogen-bond donors (Lipinski definition) is 5. The predicted molar refractivity (Wildman–Crippen MR) is 308 cm³/mol. The first-order chi connectivity index (χ1) is 37.4. The van der Waals surface area contributed by atoms with E-state index in [0.29, 0.717) is 34.9 Å². The maximum absolute atomic E-state index is 14.1. The monoisotopic (exact) mass is 1080 g/mol. The van der Waals surface area contributed by atoms with E-state index < -0.39 is 29.2 Å². The van der Waals surface area contributed by atoms with Crippen LogP contribution in [0.5, 0.6) is 0 Å². The van der Waals surface area contributed by atoms with Crippen LogP contribution in [0.3, 0.4) is 0 Å². The molecule has 0 saturated carbocycles. The number of nitrogens with zero attached hydrogens (tertiary/aromatic N) is 9. The number of fused-ring (bicyclic) bond motifs is 1. The molecule has 416 valence electrons. The van der Waals surface area contributed by atoms with Gasteiger partial charge in [-0.3, -0.25) is 24.1 Å². The largest absolute Gasteiger partial charge is 0.391 e. The zero-order valence-corrected chi connectivity index (χ0v) is 47.0. The van der Waals surface area contributed by atoms with Crippen LogP contribution in [0, 0.1) is 12.3 Å². The Balaban J connectivity index is 0.700. The Bertz CT molecular complexity index is 3060. The van der Waals surface area contributed by atoms with Gasteiger partial charge in [-0.1, -0.05) is 95.7 Å². The molecule has 0 spiro atoms. The maximum atomic E-state index is 14.1. The molecule has 0 aliphatic carbocycles. The van der Waals surface area contributed by atoms with Crippen molar-refractivity contribution in [3.05, 3.63) is 118 Å². The lowest BCUT2D eigenvalue weighted by Gasteiger charge is -2.36. The second-order valence-corrected chi connectivity index (χ2v) is 23.2. The van der Waals surface area contributed by atoms with E-state index in [0.717, 1.165) is 91.5 Å². The second kappa shape index (κ2) is 25.8. The molecule has 4 aromatic heterocycles. The molecule has 78 heavy (non-hydrogen) atoms. The van der Waals surface area contributed by atoms with E-state index in [9.17, 15) is 29.4 Å². The number of carbonyl (C=O) groups is 3. The van der Waals surface area contributed by atoms with Gasteiger partial charge in [0, 0.05) is 69.7 Å². The number of aliphatic hydroxyl groups excluding tert-OH is 1. The van der Waals surface area contributed by atoms with E-state index in [4.69, 9.17) is 4.98 Å². The van der Waals surface area contributed by atoms with Crippen LogP contribution < -0.4 is 26.4 Å². The molecule has 0 radical (unpaired) electrons. The second-order valence-electron chi connectivity index (χ2n) is 22.4. The van der Waals surface area contributed by atoms with Crippen LogP contribution in [-0.4, -0.2) is 124 Å². The minimum atomic E-state index is -1.18. The number of pyridine rings is 1. The smallest absolute Gasteiger partial charge is 0.278 e. The van der Waals surface area contributed by atoms with Crippen molar-refractivity contribution in [1.29, 1.82) is 0 Å². The average Bonchev–Trinajstić information content (AvgIpc) is 4.12. The van der Waals surface area contributed by atoms with Gasteiger partial charge in [0.2, 0.25) is 23.7 Å². The molecule has 2 saturated heterocycles. The average molecular weight is 1080 g/mol. The first kappa shape index (κ1) is 57.4. The van der Waals surface area contributed by atoms with E-state index in [1.165, 1.54) is 41.5 Å². The zero-order chi connectivity index (χ0) is 55.6. The lowest BCUT2D eigenvalue weighted by molar-refractivity contribution is -0.144. The minimum Gasteiger partial charge on any atom is -0.391 e. The molecule has 5 N–H and O–H groups in total. The standard InChI is InChI=1S/C59H78N12O6S/c1-8-29-70-55(75)46-37-61-57(66-53(46)71(70)49-19-17-18-48(64-49)59(6,7)77)63-43-25-27-44(28-26-43)68-33-31-67(32-34-68)30-16-14-12-10-9-11-13-15-20-50(73)65-52(58(3,4)5)56(76)69-38-45(72)35-47(69)54(74)60-36-41-21-23-42(24-22-41)51-40(2)62-39-78-51/h8,17-19,21-28,37,39,45,47,52,72,77H,1,9-16,20,29-36,38H2,2-7H3,(H,60,74)(H,65,73)(H,61,63,66)/t45-,47+,52-/m1/s1. The van der Waals surface area contributed by atoms with Gasteiger partial charge in [-0.15, -0.1) is 17.9 Å². The number of anilines is 3. The van der Waals surface area contributed by atoms with Crippen molar-refractivity contribution in [2.75, 3.05) is 49.5 Å². The molecule has 19 heteroatoms. The maximum Gasteiger partial charge on any atom is 0.278 e. The Morgan fingerprint density at radius 3 is 2.22 bits per heavy atom. The number of aryl methyl sites for hydroxylation is 1. The first-order valence-electron chi connectivity index (χ1n) is 27.6. The molecule has 2 aliphatic heterocycles. The van der Waals surface area contributed by atoms with Crippen molar-refractivity contribution in [1.82, 2.24) is 49.7 Å². The number of unbranched alkanes of at least 4 members (excludes halogenated alkanes) is 7. The fourth-order valence-electron chi connectivity index (χ4n) is 10.3. The highest BCUT2D eigenvalue weighted by molar-refractivity contribution is 7.13. The topological polar surface area (TPSA) is 216 Å². The Labute approximate surface area is 462 Å².